The van der Waals surface area contributed by atoms with Crippen LogP contribution in [-0.4, -0.2) is 11.8 Å². The Labute approximate surface area is 203 Å². The van der Waals surface area contributed by atoms with Crippen molar-refractivity contribution < 1.29 is 9.59 Å². The highest BCUT2D eigenvalue weighted by molar-refractivity contribution is 6.34. The summed E-state index contributed by atoms with van der Waals surface area (Å²) in [6, 6.07) is 30.3. The van der Waals surface area contributed by atoms with Crippen molar-refractivity contribution in [2.45, 2.75) is 19.4 Å². The zero-order valence-electron chi connectivity index (χ0n) is 18.5. The van der Waals surface area contributed by atoms with E-state index in [1.165, 1.54) is 5.56 Å². The van der Waals surface area contributed by atoms with E-state index in [2.05, 4.69) is 23.5 Å². The Kier molecular flexibility index (Phi) is 6.15. The van der Waals surface area contributed by atoms with Gasteiger partial charge in [0.2, 0.25) is 0 Å². The van der Waals surface area contributed by atoms with Gasteiger partial charge in [0.15, 0.2) is 0 Å². The van der Waals surface area contributed by atoms with Crippen molar-refractivity contribution >= 4 is 34.8 Å². The molecule has 4 nitrogen and oxygen atoms in total. The molecule has 0 radical (unpaired) electrons. The minimum Gasteiger partial charge on any atom is -0.322 e. The van der Waals surface area contributed by atoms with E-state index in [0.29, 0.717) is 28.4 Å². The van der Waals surface area contributed by atoms with Gasteiger partial charge in [0.1, 0.15) is 0 Å². The normalized spacial score (nSPS) is 12.7. The number of hydrogen-bond donors (Lipinski definition) is 1. The Balaban J connectivity index is 1.41. The fraction of sp³-hybridized carbons (Fsp3) is 0.103. The largest absolute Gasteiger partial charge is 0.322 e. The summed E-state index contributed by atoms with van der Waals surface area (Å²) in [6.45, 7) is 0.511. The lowest BCUT2D eigenvalue weighted by Gasteiger charge is -2.29. The van der Waals surface area contributed by atoms with E-state index in [1.807, 2.05) is 35.2 Å². The zero-order valence-corrected chi connectivity index (χ0v) is 19.3. The molecule has 1 aliphatic heterocycles. The van der Waals surface area contributed by atoms with Gasteiger partial charge in [0.05, 0.1) is 17.1 Å². The van der Waals surface area contributed by atoms with Crippen LogP contribution in [0, 0.1) is 0 Å². The molecule has 34 heavy (non-hydrogen) atoms. The monoisotopic (exact) mass is 466 g/mol. The van der Waals surface area contributed by atoms with Gasteiger partial charge in [-0.05, 0) is 72.0 Å². The molecule has 5 heteroatoms. The third kappa shape index (κ3) is 4.45. The number of carbonyl (C=O) groups excluding carboxylic acids is 2. The summed E-state index contributed by atoms with van der Waals surface area (Å²) in [6.07, 6.45) is 1.83. The molecule has 0 aromatic heterocycles. The van der Waals surface area contributed by atoms with Crippen LogP contribution in [0.15, 0.2) is 97.1 Å². The number of anilines is 2. The summed E-state index contributed by atoms with van der Waals surface area (Å²) < 4.78 is 0. The van der Waals surface area contributed by atoms with Gasteiger partial charge in [0.25, 0.3) is 11.8 Å². The lowest BCUT2D eigenvalue weighted by atomic mass is 9.95. The van der Waals surface area contributed by atoms with Crippen molar-refractivity contribution in [3.8, 4) is 0 Å². The number of nitrogens with zero attached hydrogens (tertiary/aromatic N) is 1. The van der Waals surface area contributed by atoms with E-state index in [-0.39, 0.29) is 11.8 Å². The van der Waals surface area contributed by atoms with Crippen LogP contribution in [-0.2, 0) is 19.4 Å². The first-order chi connectivity index (χ1) is 16.6. The molecule has 0 fully saturated rings. The smallest absolute Gasteiger partial charge is 0.258 e. The van der Waals surface area contributed by atoms with E-state index in [1.54, 1.807) is 48.5 Å². The average molecular weight is 467 g/mol. The van der Waals surface area contributed by atoms with Crippen molar-refractivity contribution in [3.63, 3.8) is 0 Å². The third-order valence-corrected chi connectivity index (χ3v) is 6.48. The maximum absolute atomic E-state index is 13.7. The maximum Gasteiger partial charge on any atom is 0.258 e. The number of fused-ring (bicyclic) bond motifs is 2. The second-order valence-corrected chi connectivity index (χ2v) is 8.71. The van der Waals surface area contributed by atoms with Crippen molar-refractivity contribution in [2.24, 2.45) is 0 Å². The molecule has 0 bridgehead atoms. The van der Waals surface area contributed by atoms with Crippen LogP contribution in [0.25, 0.3) is 0 Å². The summed E-state index contributed by atoms with van der Waals surface area (Å²) in [5, 5.41) is 3.23. The predicted octanol–water partition coefficient (Wildman–Crippen LogP) is 6.54. The first kappa shape index (κ1) is 21.9. The van der Waals surface area contributed by atoms with Crippen LogP contribution in [0.3, 0.4) is 0 Å². The number of para-hydroxylation sites is 1. The molecule has 4 aromatic rings. The number of amides is 2. The molecule has 0 aliphatic carbocycles. The van der Waals surface area contributed by atoms with E-state index >= 15 is 0 Å². The van der Waals surface area contributed by atoms with Gasteiger partial charge in [0, 0.05) is 16.9 Å². The molecule has 0 atom stereocenters. The van der Waals surface area contributed by atoms with E-state index < -0.39 is 0 Å². The molecular weight excluding hydrogens is 444 g/mol. The quantitative estimate of drug-likeness (QED) is 0.372. The topological polar surface area (TPSA) is 49.4 Å². The summed E-state index contributed by atoms with van der Waals surface area (Å²) in [5.74, 6) is -0.368. The van der Waals surface area contributed by atoms with Crippen LogP contribution >= 0.6 is 11.6 Å². The van der Waals surface area contributed by atoms with Crippen LogP contribution < -0.4 is 10.2 Å². The Bertz CT molecular complexity index is 1360. The first-order valence-electron chi connectivity index (χ1n) is 11.2. The zero-order chi connectivity index (χ0) is 23.5. The predicted molar refractivity (Wildman–Crippen MR) is 137 cm³/mol. The molecule has 5 rings (SSSR count). The molecule has 0 saturated heterocycles. The van der Waals surface area contributed by atoms with E-state index in [0.717, 1.165) is 29.7 Å². The van der Waals surface area contributed by atoms with E-state index in [4.69, 9.17) is 11.6 Å². The summed E-state index contributed by atoms with van der Waals surface area (Å²) >= 11 is 6.13. The number of carbonyl (C=O) groups is 2. The Morgan fingerprint density at radius 1 is 0.706 bits per heavy atom. The number of benzene rings is 4. The fourth-order valence-corrected chi connectivity index (χ4v) is 4.56. The second kappa shape index (κ2) is 9.54. The van der Waals surface area contributed by atoms with Crippen molar-refractivity contribution in [3.05, 3.63) is 130 Å². The van der Waals surface area contributed by atoms with Crippen molar-refractivity contribution in [1.82, 2.24) is 0 Å². The molecule has 4 aromatic carbocycles. The standard InChI is InChI=1S/C29H23ClN2O2/c30-26-11-5-4-10-25(26)28(33)31-24-17-15-22(16-18-24)29(34)32-19-23-9-2-1-7-20(23)13-14-21-8-3-6-12-27(21)32/h1-12,15-18H,13-14,19H2,(H,31,33). The molecule has 2 amide bonds. The molecule has 168 valence electrons. The van der Waals surface area contributed by atoms with Crippen LogP contribution in [0.5, 0.6) is 0 Å². The van der Waals surface area contributed by atoms with Crippen molar-refractivity contribution in [1.29, 1.82) is 0 Å². The SMILES string of the molecule is O=C(Nc1ccc(C(=O)N2Cc3ccccc3CCc3ccccc32)cc1)c1ccccc1Cl. The molecule has 0 unspecified atom stereocenters. The van der Waals surface area contributed by atoms with Gasteiger partial charge in [-0.15, -0.1) is 0 Å². The number of hydrogen-bond acceptors (Lipinski definition) is 2. The first-order valence-corrected chi connectivity index (χ1v) is 11.6. The number of nitrogens with one attached hydrogen (secondary N) is 1. The van der Waals surface area contributed by atoms with Crippen LogP contribution in [0.1, 0.15) is 37.4 Å². The lowest BCUT2D eigenvalue weighted by Crippen LogP contribution is -2.32. The highest BCUT2D eigenvalue weighted by atomic mass is 35.5. The minimum atomic E-state index is -0.293. The maximum atomic E-state index is 13.7. The highest BCUT2D eigenvalue weighted by Crippen LogP contribution is 2.30. The third-order valence-electron chi connectivity index (χ3n) is 6.15. The number of aryl methyl sites for hydroxylation is 2. The van der Waals surface area contributed by atoms with Gasteiger partial charge in [-0.1, -0.05) is 66.2 Å². The molecular formula is C29H23ClN2O2. The Morgan fingerprint density at radius 3 is 2.09 bits per heavy atom. The molecule has 1 heterocycles. The average Bonchev–Trinajstić information content (AvgIpc) is 2.86. The van der Waals surface area contributed by atoms with Crippen LogP contribution in [0.4, 0.5) is 11.4 Å². The summed E-state index contributed by atoms with van der Waals surface area (Å²) in [7, 11) is 0. The molecule has 1 N–H and O–H groups in total. The minimum absolute atomic E-state index is 0.0758. The van der Waals surface area contributed by atoms with Gasteiger partial charge in [-0.2, -0.15) is 0 Å². The fourth-order valence-electron chi connectivity index (χ4n) is 4.34. The molecule has 1 aliphatic rings. The summed E-state index contributed by atoms with van der Waals surface area (Å²) in [4.78, 5) is 28.1. The molecule has 0 saturated carbocycles. The molecule has 0 spiro atoms. The second-order valence-electron chi connectivity index (χ2n) is 8.30. The number of halogens is 1. The van der Waals surface area contributed by atoms with Gasteiger partial charge < -0.3 is 10.2 Å². The number of rotatable bonds is 3. The van der Waals surface area contributed by atoms with Gasteiger partial charge in [-0.25, -0.2) is 0 Å². The van der Waals surface area contributed by atoms with E-state index in [9.17, 15) is 9.59 Å². The Morgan fingerprint density at radius 2 is 1.32 bits per heavy atom. The summed E-state index contributed by atoms with van der Waals surface area (Å²) in [5.41, 5.74) is 6.09. The lowest BCUT2D eigenvalue weighted by molar-refractivity contribution is 0.0983. The van der Waals surface area contributed by atoms with Crippen molar-refractivity contribution in [2.75, 3.05) is 10.2 Å². The van der Waals surface area contributed by atoms with Crippen LogP contribution in [0.2, 0.25) is 5.02 Å². The van der Waals surface area contributed by atoms with Gasteiger partial charge >= 0.3 is 0 Å². The highest BCUT2D eigenvalue weighted by Gasteiger charge is 2.23. The van der Waals surface area contributed by atoms with Gasteiger partial charge in [-0.3, -0.25) is 9.59 Å². The Hall–Kier alpha value is -3.89.